The quantitative estimate of drug-likeness (QED) is 0.196. The summed E-state index contributed by atoms with van der Waals surface area (Å²) in [5, 5.41) is 45.0. The molecular weight excluding hydrogens is 220 g/mol. The number of hydrogen-bond donors (Lipinski definition) is 5. The largest absolute Gasteiger partial charge is 0.430 e. The molecule has 0 aromatic heterocycles. The van der Waals surface area contributed by atoms with Crippen LogP contribution in [-0.2, 0) is 9.53 Å². The van der Waals surface area contributed by atoms with E-state index >= 15 is 0 Å². The first-order chi connectivity index (χ1) is 7.31. The second kappa shape index (κ2) is 6.56. The molecule has 0 saturated heterocycles. The summed E-state index contributed by atoms with van der Waals surface area (Å²) in [6.07, 6.45) is -7.42. The van der Waals surface area contributed by atoms with Gasteiger partial charge < -0.3 is 30.3 Å². The first-order valence-corrected chi connectivity index (χ1v) is 4.50. The average molecular weight is 236 g/mol. The fourth-order valence-electron chi connectivity index (χ4n) is 0.784. The van der Waals surface area contributed by atoms with Crippen molar-refractivity contribution in [1.82, 2.24) is 0 Å². The molecule has 0 amide bonds. The van der Waals surface area contributed by atoms with Crippen LogP contribution < -0.4 is 0 Å². The number of esters is 1. The van der Waals surface area contributed by atoms with Crippen LogP contribution in [0.2, 0.25) is 0 Å². The highest BCUT2D eigenvalue weighted by molar-refractivity contribution is 5.87. The van der Waals surface area contributed by atoms with Crippen molar-refractivity contribution in [1.29, 1.82) is 0 Å². The molecule has 4 atom stereocenters. The number of hydrogen-bond acceptors (Lipinski definition) is 7. The van der Waals surface area contributed by atoms with Gasteiger partial charge in [-0.15, -0.1) is 0 Å². The molecule has 0 aliphatic heterocycles. The highest BCUT2D eigenvalue weighted by Gasteiger charge is 2.32. The van der Waals surface area contributed by atoms with Crippen molar-refractivity contribution >= 4 is 5.97 Å². The Kier molecular flexibility index (Phi) is 6.16. The Morgan fingerprint density at radius 2 is 1.75 bits per heavy atom. The summed E-state index contributed by atoms with van der Waals surface area (Å²) >= 11 is 0. The van der Waals surface area contributed by atoms with E-state index in [0.29, 0.717) is 0 Å². The molecule has 0 saturated carbocycles. The molecule has 5 N–H and O–H groups in total. The van der Waals surface area contributed by atoms with Gasteiger partial charge in [-0.2, -0.15) is 0 Å². The second-order valence-corrected chi connectivity index (χ2v) is 3.31. The van der Waals surface area contributed by atoms with E-state index in [4.69, 9.17) is 15.3 Å². The van der Waals surface area contributed by atoms with Crippen LogP contribution in [0.3, 0.4) is 0 Å². The molecule has 0 aromatic carbocycles. The number of rotatable bonds is 6. The van der Waals surface area contributed by atoms with Gasteiger partial charge in [-0.25, -0.2) is 4.79 Å². The van der Waals surface area contributed by atoms with Crippen molar-refractivity contribution in [2.24, 2.45) is 0 Å². The minimum absolute atomic E-state index is 0.00319. The van der Waals surface area contributed by atoms with Crippen LogP contribution >= 0.6 is 0 Å². The zero-order valence-corrected chi connectivity index (χ0v) is 8.78. The van der Waals surface area contributed by atoms with Gasteiger partial charge in [-0.3, -0.25) is 0 Å². The Labute approximate surface area is 92.2 Å². The van der Waals surface area contributed by atoms with Gasteiger partial charge in [-0.1, -0.05) is 6.58 Å². The average Bonchev–Trinajstić information content (AvgIpc) is 2.25. The lowest BCUT2D eigenvalue weighted by Crippen LogP contribution is -2.47. The molecule has 0 fully saturated rings. The van der Waals surface area contributed by atoms with Crippen LogP contribution in [0, 0.1) is 0 Å². The Balaban J connectivity index is 4.32. The highest BCUT2D eigenvalue weighted by Crippen LogP contribution is 2.07. The van der Waals surface area contributed by atoms with E-state index in [9.17, 15) is 15.0 Å². The van der Waals surface area contributed by atoms with Crippen LogP contribution in [0.1, 0.15) is 6.92 Å². The van der Waals surface area contributed by atoms with Crippen LogP contribution in [0.5, 0.6) is 0 Å². The molecule has 0 radical (unpaired) electrons. The predicted molar refractivity (Wildman–Crippen MR) is 52.0 cm³/mol. The normalized spacial score (nSPS) is 18.4. The van der Waals surface area contributed by atoms with Crippen molar-refractivity contribution < 1.29 is 35.1 Å². The maximum atomic E-state index is 10.9. The van der Waals surface area contributed by atoms with E-state index < -0.39 is 37.2 Å². The summed E-state index contributed by atoms with van der Waals surface area (Å²) in [4.78, 5) is 10.9. The van der Waals surface area contributed by atoms with E-state index in [-0.39, 0.29) is 5.57 Å². The topological polar surface area (TPSA) is 127 Å². The number of carbonyl (C=O) groups is 1. The van der Waals surface area contributed by atoms with Crippen molar-refractivity contribution in [3.8, 4) is 0 Å². The lowest BCUT2D eigenvalue weighted by atomic mass is 10.1. The molecule has 0 aliphatic rings. The fourth-order valence-corrected chi connectivity index (χ4v) is 0.784. The second-order valence-electron chi connectivity index (χ2n) is 3.31. The Hall–Kier alpha value is -0.990. The lowest BCUT2D eigenvalue weighted by molar-refractivity contribution is -0.205. The van der Waals surface area contributed by atoms with Crippen molar-refractivity contribution in [3.05, 3.63) is 12.2 Å². The number of aliphatic hydroxyl groups excluding tert-OH is 5. The highest BCUT2D eigenvalue weighted by atomic mass is 16.6. The first kappa shape index (κ1) is 15.0. The third-order valence-electron chi connectivity index (χ3n) is 1.80. The van der Waals surface area contributed by atoms with E-state index in [0.717, 1.165) is 0 Å². The first-order valence-electron chi connectivity index (χ1n) is 4.50. The third kappa shape index (κ3) is 4.25. The van der Waals surface area contributed by atoms with Crippen molar-refractivity contribution in [2.45, 2.75) is 31.5 Å². The molecule has 0 heterocycles. The lowest BCUT2D eigenvalue weighted by Gasteiger charge is -2.25. The van der Waals surface area contributed by atoms with Crippen molar-refractivity contribution in [3.63, 3.8) is 0 Å². The summed E-state index contributed by atoms with van der Waals surface area (Å²) in [5.74, 6) is -0.947. The zero-order valence-electron chi connectivity index (χ0n) is 8.78. The van der Waals surface area contributed by atoms with E-state index in [1.807, 2.05) is 0 Å². The molecule has 7 nitrogen and oxygen atoms in total. The van der Waals surface area contributed by atoms with Gasteiger partial charge in [0, 0.05) is 5.57 Å². The monoisotopic (exact) mass is 236 g/mol. The van der Waals surface area contributed by atoms with Crippen LogP contribution in [-0.4, -0.2) is 62.7 Å². The van der Waals surface area contributed by atoms with E-state index in [2.05, 4.69) is 11.3 Å². The molecular formula is C9H16O7. The maximum absolute atomic E-state index is 10.9. The zero-order chi connectivity index (χ0) is 12.9. The number of carbonyl (C=O) groups excluding carboxylic acids is 1. The van der Waals surface area contributed by atoms with Crippen LogP contribution in [0.15, 0.2) is 12.2 Å². The SMILES string of the molecule is C=C(C)C(=O)OC(O)[C@@H](O)[C@H](O)[C@H](O)CO. The van der Waals surface area contributed by atoms with Gasteiger partial charge in [0.15, 0.2) is 0 Å². The minimum Gasteiger partial charge on any atom is -0.430 e. The summed E-state index contributed by atoms with van der Waals surface area (Å²) < 4.78 is 4.30. The van der Waals surface area contributed by atoms with Crippen molar-refractivity contribution in [2.75, 3.05) is 6.61 Å². The van der Waals surface area contributed by atoms with Crippen LogP contribution in [0.25, 0.3) is 0 Å². The summed E-state index contributed by atoms with van der Waals surface area (Å²) in [7, 11) is 0. The summed E-state index contributed by atoms with van der Waals surface area (Å²) in [6.45, 7) is 3.77. The number of aliphatic hydroxyl groups is 5. The van der Waals surface area contributed by atoms with Crippen LogP contribution in [0.4, 0.5) is 0 Å². The van der Waals surface area contributed by atoms with Gasteiger partial charge in [0.2, 0.25) is 6.29 Å². The maximum Gasteiger partial charge on any atom is 0.335 e. The molecule has 0 aliphatic carbocycles. The van der Waals surface area contributed by atoms with Gasteiger partial charge in [0.25, 0.3) is 0 Å². The molecule has 0 rings (SSSR count). The Morgan fingerprint density at radius 3 is 2.12 bits per heavy atom. The van der Waals surface area contributed by atoms with Gasteiger partial charge in [0.1, 0.15) is 18.3 Å². The van der Waals surface area contributed by atoms with E-state index in [1.165, 1.54) is 6.92 Å². The van der Waals surface area contributed by atoms with Gasteiger partial charge >= 0.3 is 5.97 Å². The summed E-state index contributed by atoms with van der Waals surface area (Å²) in [5.41, 5.74) is 0.00319. The standard InChI is InChI=1S/C9H16O7/c1-4(2)8(14)16-9(15)7(13)6(12)5(11)3-10/h5-7,9-13,15H,1,3H2,2H3/t5-,6-,7+,9?/m1/s1. The molecule has 0 spiro atoms. The third-order valence-corrected chi connectivity index (χ3v) is 1.80. The molecule has 94 valence electrons. The van der Waals surface area contributed by atoms with E-state index in [1.54, 1.807) is 0 Å². The molecule has 16 heavy (non-hydrogen) atoms. The Morgan fingerprint density at radius 1 is 1.25 bits per heavy atom. The number of ether oxygens (including phenoxy) is 1. The van der Waals surface area contributed by atoms with Gasteiger partial charge in [0.05, 0.1) is 6.61 Å². The smallest absolute Gasteiger partial charge is 0.335 e. The molecule has 0 aromatic rings. The minimum atomic E-state index is -2.01. The Bertz CT molecular complexity index is 252. The molecule has 0 bridgehead atoms. The predicted octanol–water partition coefficient (Wildman–Crippen LogP) is -2.50. The molecule has 7 heteroatoms. The van der Waals surface area contributed by atoms with Gasteiger partial charge in [-0.05, 0) is 6.92 Å². The molecule has 1 unspecified atom stereocenters. The summed E-state index contributed by atoms with van der Waals surface area (Å²) in [6, 6.07) is 0. The fraction of sp³-hybridized carbons (Fsp3) is 0.667.